The molecule has 0 bridgehead atoms. The van der Waals surface area contributed by atoms with Crippen LogP contribution >= 0.6 is 11.8 Å². The number of nitrogens with zero attached hydrogens (tertiary/aromatic N) is 3. The van der Waals surface area contributed by atoms with Crippen molar-refractivity contribution in [3.8, 4) is 5.75 Å². The number of hydrogen-bond acceptors (Lipinski definition) is 5. The Morgan fingerprint density at radius 2 is 2.26 bits per heavy atom. The number of aromatic nitrogens is 3. The Bertz CT molecular complexity index is 1090. The number of amides is 1. The molecule has 4 rings (SSSR count). The Labute approximate surface area is 160 Å². The molecule has 0 spiro atoms. The third kappa shape index (κ3) is 3.07. The normalized spacial score (nSPS) is 13.7. The number of rotatable bonds is 5. The fraction of sp³-hybridized carbons (Fsp3) is 0.421. The van der Waals surface area contributed by atoms with Crippen molar-refractivity contribution in [3.63, 3.8) is 0 Å². The molecule has 1 aliphatic rings. The average molecular weight is 386 g/mol. The Hall–Kier alpha value is -2.48. The van der Waals surface area contributed by atoms with Gasteiger partial charge in [-0.1, -0.05) is 18.7 Å². The van der Waals surface area contributed by atoms with Gasteiger partial charge in [0.1, 0.15) is 23.3 Å². The van der Waals surface area contributed by atoms with Gasteiger partial charge in [0.05, 0.1) is 12.6 Å². The molecular weight excluding hydrogens is 364 g/mol. The average Bonchev–Trinajstić information content (AvgIpc) is 2.99. The van der Waals surface area contributed by atoms with Gasteiger partial charge in [0.15, 0.2) is 5.16 Å². The van der Waals surface area contributed by atoms with Crippen LogP contribution in [0.4, 0.5) is 0 Å². The summed E-state index contributed by atoms with van der Waals surface area (Å²) in [6.07, 6.45) is 1.81. The molecule has 1 aromatic carbocycles. The maximum absolute atomic E-state index is 13.2. The van der Waals surface area contributed by atoms with E-state index in [4.69, 9.17) is 9.72 Å². The first-order chi connectivity index (χ1) is 13.1. The van der Waals surface area contributed by atoms with Crippen molar-refractivity contribution in [2.45, 2.75) is 38.0 Å². The van der Waals surface area contributed by atoms with E-state index in [-0.39, 0.29) is 18.0 Å². The zero-order chi connectivity index (χ0) is 19.0. The molecule has 1 N–H and O–H groups in total. The van der Waals surface area contributed by atoms with Crippen LogP contribution in [-0.2, 0) is 17.9 Å². The number of ether oxygens (including phenoxy) is 1. The van der Waals surface area contributed by atoms with E-state index in [1.54, 1.807) is 28.0 Å². The highest BCUT2D eigenvalue weighted by molar-refractivity contribution is 7.99. The van der Waals surface area contributed by atoms with Crippen molar-refractivity contribution in [1.82, 2.24) is 19.4 Å². The second-order valence-corrected chi connectivity index (χ2v) is 7.63. The Kier molecular flexibility index (Phi) is 4.82. The first kappa shape index (κ1) is 17.9. The topological polar surface area (TPSA) is 78.2 Å². The van der Waals surface area contributed by atoms with Gasteiger partial charge >= 0.3 is 0 Å². The molecule has 0 saturated heterocycles. The number of carbonyl (C=O) groups excluding carboxylic acids is 1. The van der Waals surface area contributed by atoms with Crippen LogP contribution in [0.1, 0.15) is 19.8 Å². The van der Waals surface area contributed by atoms with E-state index in [1.165, 1.54) is 0 Å². The molecule has 8 heteroatoms. The molecule has 0 aliphatic carbocycles. The van der Waals surface area contributed by atoms with Gasteiger partial charge < -0.3 is 14.6 Å². The van der Waals surface area contributed by atoms with Gasteiger partial charge in [0, 0.05) is 24.2 Å². The quantitative estimate of drug-likeness (QED) is 0.681. The Morgan fingerprint density at radius 3 is 3.04 bits per heavy atom. The summed E-state index contributed by atoms with van der Waals surface area (Å²) in [6, 6.07) is 5.61. The lowest BCUT2D eigenvalue weighted by molar-refractivity contribution is -0.121. The van der Waals surface area contributed by atoms with Crippen molar-refractivity contribution in [1.29, 1.82) is 0 Å². The number of nitrogens with one attached hydrogen (secondary N) is 1. The molecule has 7 nitrogen and oxygen atoms in total. The first-order valence-corrected chi connectivity index (χ1v) is 10.1. The van der Waals surface area contributed by atoms with Gasteiger partial charge in [-0.25, -0.2) is 4.98 Å². The minimum absolute atomic E-state index is 0.0827. The molecule has 0 unspecified atom stereocenters. The lowest BCUT2D eigenvalue weighted by Crippen LogP contribution is -2.31. The van der Waals surface area contributed by atoms with E-state index in [0.29, 0.717) is 29.9 Å². The molecule has 2 aromatic heterocycles. The van der Waals surface area contributed by atoms with Gasteiger partial charge in [0.25, 0.3) is 5.56 Å². The van der Waals surface area contributed by atoms with E-state index >= 15 is 0 Å². The Morgan fingerprint density at radius 1 is 1.41 bits per heavy atom. The number of methoxy groups -OCH3 is 1. The fourth-order valence-electron chi connectivity index (χ4n) is 3.47. The number of fused-ring (bicyclic) bond motifs is 4. The summed E-state index contributed by atoms with van der Waals surface area (Å²) in [5.41, 5.74) is 1.85. The fourth-order valence-corrected chi connectivity index (χ4v) is 4.41. The summed E-state index contributed by atoms with van der Waals surface area (Å²) < 4.78 is 8.87. The summed E-state index contributed by atoms with van der Waals surface area (Å²) in [5, 5.41) is 4.47. The molecule has 3 aromatic rings. The first-order valence-electron chi connectivity index (χ1n) is 9.14. The third-order valence-electron chi connectivity index (χ3n) is 4.76. The number of hydrogen-bond donors (Lipinski definition) is 1. The summed E-state index contributed by atoms with van der Waals surface area (Å²) in [4.78, 5) is 30.4. The molecule has 1 aliphatic heterocycles. The van der Waals surface area contributed by atoms with Gasteiger partial charge in [-0.15, -0.1) is 0 Å². The maximum Gasteiger partial charge on any atom is 0.278 e. The largest absolute Gasteiger partial charge is 0.497 e. The number of thioether (sulfide) groups is 1. The van der Waals surface area contributed by atoms with E-state index in [2.05, 4.69) is 5.32 Å². The van der Waals surface area contributed by atoms with Gasteiger partial charge in [-0.2, -0.15) is 0 Å². The van der Waals surface area contributed by atoms with Crippen LogP contribution in [0, 0.1) is 0 Å². The van der Waals surface area contributed by atoms with Crippen molar-refractivity contribution in [2.75, 3.05) is 19.4 Å². The van der Waals surface area contributed by atoms with Crippen molar-refractivity contribution >= 4 is 39.6 Å². The van der Waals surface area contributed by atoms with E-state index in [0.717, 1.165) is 34.7 Å². The maximum atomic E-state index is 13.2. The van der Waals surface area contributed by atoms with Crippen LogP contribution in [0.2, 0.25) is 0 Å². The number of benzene rings is 1. The smallest absolute Gasteiger partial charge is 0.278 e. The molecular formula is C19H22N4O3S. The number of carbonyl (C=O) groups is 1. The molecule has 0 radical (unpaired) electrons. The van der Waals surface area contributed by atoms with Crippen LogP contribution in [0.5, 0.6) is 5.75 Å². The monoisotopic (exact) mass is 386 g/mol. The summed E-state index contributed by atoms with van der Waals surface area (Å²) in [6.45, 7) is 3.38. The van der Waals surface area contributed by atoms with E-state index < -0.39 is 0 Å². The molecule has 0 saturated carbocycles. The second kappa shape index (κ2) is 7.26. The molecule has 3 heterocycles. The van der Waals surface area contributed by atoms with Crippen molar-refractivity contribution < 1.29 is 9.53 Å². The minimum atomic E-state index is -0.108. The van der Waals surface area contributed by atoms with Crippen molar-refractivity contribution in [2.24, 2.45) is 0 Å². The highest BCUT2D eigenvalue weighted by atomic mass is 32.2. The van der Waals surface area contributed by atoms with E-state index in [9.17, 15) is 9.59 Å². The van der Waals surface area contributed by atoms with Crippen molar-refractivity contribution in [3.05, 3.63) is 28.6 Å². The summed E-state index contributed by atoms with van der Waals surface area (Å²) in [5.74, 6) is 1.55. The standard InChI is InChI=1S/C19H22N4O3S/c1-3-7-20-15(24)11-23-14-6-5-12(26-2)10-13(14)16-17(23)18(25)22-8-4-9-27-19(22)21-16/h5-6,10H,3-4,7-9,11H2,1-2H3,(H,20,24). The van der Waals surface area contributed by atoms with Crippen LogP contribution in [0.25, 0.3) is 21.9 Å². The van der Waals surface area contributed by atoms with Crippen LogP contribution in [0.15, 0.2) is 28.2 Å². The summed E-state index contributed by atoms with van der Waals surface area (Å²) >= 11 is 1.60. The van der Waals surface area contributed by atoms with Gasteiger partial charge in [-0.05, 0) is 31.0 Å². The lowest BCUT2D eigenvalue weighted by atomic mass is 10.2. The molecule has 27 heavy (non-hydrogen) atoms. The molecule has 0 atom stereocenters. The van der Waals surface area contributed by atoms with Gasteiger partial charge in [-0.3, -0.25) is 14.2 Å². The molecule has 142 valence electrons. The van der Waals surface area contributed by atoms with Gasteiger partial charge in [0.2, 0.25) is 5.91 Å². The zero-order valence-corrected chi connectivity index (χ0v) is 16.3. The van der Waals surface area contributed by atoms with Crippen LogP contribution in [0.3, 0.4) is 0 Å². The minimum Gasteiger partial charge on any atom is -0.497 e. The third-order valence-corrected chi connectivity index (χ3v) is 5.82. The summed E-state index contributed by atoms with van der Waals surface area (Å²) in [7, 11) is 1.61. The van der Waals surface area contributed by atoms with Crippen LogP contribution < -0.4 is 15.6 Å². The van der Waals surface area contributed by atoms with E-state index in [1.807, 2.05) is 25.1 Å². The predicted molar refractivity (Wildman–Crippen MR) is 107 cm³/mol. The molecule has 0 fully saturated rings. The Balaban J connectivity index is 1.98. The molecule has 1 amide bonds. The predicted octanol–water partition coefficient (Wildman–Crippen LogP) is 2.38. The second-order valence-electron chi connectivity index (χ2n) is 6.57. The van der Waals surface area contributed by atoms with Crippen LogP contribution in [-0.4, -0.2) is 39.4 Å². The SMILES string of the molecule is CCCNC(=O)Cn1c2ccc(OC)cc2c2nc3n(c(=O)c21)CCCS3. The highest BCUT2D eigenvalue weighted by Gasteiger charge is 2.22. The highest BCUT2D eigenvalue weighted by Crippen LogP contribution is 2.31. The zero-order valence-electron chi connectivity index (χ0n) is 15.4. The lowest BCUT2D eigenvalue weighted by Gasteiger charge is -2.16.